The van der Waals surface area contributed by atoms with Crippen LogP contribution in [0.1, 0.15) is 68.2 Å². The van der Waals surface area contributed by atoms with Gasteiger partial charge in [-0.15, -0.1) is 0 Å². The summed E-state index contributed by atoms with van der Waals surface area (Å²) in [5.74, 6) is -1.62. The van der Waals surface area contributed by atoms with E-state index in [-0.39, 0.29) is 23.4 Å². The molecule has 1 aromatic heterocycles. The number of nitrogens with zero attached hydrogens (tertiary/aromatic N) is 2. The third-order valence-corrected chi connectivity index (χ3v) is 6.19. The predicted octanol–water partition coefficient (Wildman–Crippen LogP) is 4.97. The molecule has 0 fully saturated rings. The van der Waals surface area contributed by atoms with Gasteiger partial charge in [-0.05, 0) is 55.2 Å². The highest BCUT2D eigenvalue weighted by Gasteiger charge is 2.32. The number of carbonyl (C=O) groups is 2. The lowest BCUT2D eigenvalue weighted by atomic mass is 10.1. The summed E-state index contributed by atoms with van der Waals surface area (Å²) < 4.78 is 41.4. The van der Waals surface area contributed by atoms with Gasteiger partial charge in [0.15, 0.2) is 0 Å². The zero-order chi connectivity index (χ0) is 26.0. The molecule has 4 rings (SSSR count). The SMILES string of the molecule is C[C@H](NC(=O)c1c(C#N)c2c(n1Cc1cccc(C(F)(F)F)c1)CCCN2)c1ccc(C(=O)O)cc1. The Morgan fingerprint density at radius 3 is 2.58 bits per heavy atom. The molecule has 0 spiro atoms. The van der Waals surface area contributed by atoms with Crippen LogP contribution in [0.15, 0.2) is 48.5 Å². The molecule has 0 unspecified atom stereocenters. The molecule has 3 N–H and O–H groups in total. The molecule has 0 saturated heterocycles. The van der Waals surface area contributed by atoms with Crippen molar-refractivity contribution in [3.63, 3.8) is 0 Å². The van der Waals surface area contributed by atoms with Crippen molar-refractivity contribution in [1.82, 2.24) is 9.88 Å². The number of nitriles is 1. The first-order valence-electron chi connectivity index (χ1n) is 11.3. The maximum Gasteiger partial charge on any atom is 0.416 e. The lowest BCUT2D eigenvalue weighted by Crippen LogP contribution is -2.30. The van der Waals surface area contributed by atoms with E-state index in [0.717, 1.165) is 18.6 Å². The Hall–Kier alpha value is -4.26. The summed E-state index contributed by atoms with van der Waals surface area (Å²) in [6.45, 7) is 2.32. The lowest BCUT2D eigenvalue weighted by molar-refractivity contribution is -0.137. The van der Waals surface area contributed by atoms with E-state index < -0.39 is 29.7 Å². The topological polar surface area (TPSA) is 107 Å². The first-order valence-corrected chi connectivity index (χ1v) is 11.3. The third kappa shape index (κ3) is 4.91. The van der Waals surface area contributed by atoms with E-state index in [2.05, 4.69) is 16.7 Å². The fourth-order valence-corrected chi connectivity index (χ4v) is 4.40. The van der Waals surface area contributed by atoms with Crippen molar-refractivity contribution in [3.8, 4) is 6.07 Å². The number of anilines is 1. The minimum absolute atomic E-state index is 0.0138. The molecule has 0 saturated carbocycles. The van der Waals surface area contributed by atoms with Crippen LogP contribution in [0.4, 0.5) is 18.9 Å². The van der Waals surface area contributed by atoms with Crippen molar-refractivity contribution in [1.29, 1.82) is 5.26 Å². The number of carboxylic acids is 1. The van der Waals surface area contributed by atoms with Crippen molar-refractivity contribution in [2.24, 2.45) is 0 Å². The zero-order valence-electron chi connectivity index (χ0n) is 19.3. The van der Waals surface area contributed by atoms with Crippen LogP contribution in [0.3, 0.4) is 0 Å². The number of carboxylic acid groups (broad SMARTS) is 1. The van der Waals surface area contributed by atoms with E-state index in [4.69, 9.17) is 5.11 Å². The van der Waals surface area contributed by atoms with Crippen LogP contribution in [-0.4, -0.2) is 28.1 Å². The number of alkyl halides is 3. The number of aromatic carboxylic acids is 1. The van der Waals surface area contributed by atoms with E-state index in [1.54, 1.807) is 29.7 Å². The molecule has 36 heavy (non-hydrogen) atoms. The van der Waals surface area contributed by atoms with Gasteiger partial charge in [-0.2, -0.15) is 18.4 Å². The predicted molar refractivity (Wildman–Crippen MR) is 126 cm³/mol. The van der Waals surface area contributed by atoms with Crippen LogP contribution >= 0.6 is 0 Å². The molecule has 1 amide bonds. The summed E-state index contributed by atoms with van der Waals surface area (Å²) in [5, 5.41) is 25.0. The number of fused-ring (bicyclic) bond motifs is 1. The molecular weight excluding hydrogens is 473 g/mol. The molecule has 2 heterocycles. The largest absolute Gasteiger partial charge is 0.478 e. The number of benzene rings is 2. The number of rotatable bonds is 6. The summed E-state index contributed by atoms with van der Waals surface area (Å²) in [5.41, 5.74) is 1.76. The Balaban J connectivity index is 1.70. The van der Waals surface area contributed by atoms with Gasteiger partial charge in [-0.1, -0.05) is 24.3 Å². The van der Waals surface area contributed by atoms with Crippen molar-refractivity contribution >= 4 is 17.6 Å². The maximum atomic E-state index is 13.5. The van der Waals surface area contributed by atoms with E-state index in [0.29, 0.717) is 35.5 Å². The van der Waals surface area contributed by atoms with Gasteiger partial charge in [-0.3, -0.25) is 4.79 Å². The van der Waals surface area contributed by atoms with Gasteiger partial charge < -0.3 is 20.3 Å². The highest BCUT2D eigenvalue weighted by atomic mass is 19.4. The van der Waals surface area contributed by atoms with E-state index in [9.17, 15) is 28.0 Å². The quantitative estimate of drug-likeness (QED) is 0.447. The Kier molecular flexibility index (Phi) is 6.75. The summed E-state index contributed by atoms with van der Waals surface area (Å²) in [6, 6.07) is 12.5. The number of nitrogens with one attached hydrogen (secondary N) is 2. The first kappa shape index (κ1) is 24.9. The number of aromatic nitrogens is 1. The summed E-state index contributed by atoms with van der Waals surface area (Å²) in [7, 11) is 0. The van der Waals surface area contributed by atoms with Crippen LogP contribution in [0.5, 0.6) is 0 Å². The van der Waals surface area contributed by atoms with Crippen LogP contribution < -0.4 is 10.6 Å². The number of halogens is 3. The molecule has 186 valence electrons. The molecule has 1 aliphatic heterocycles. The van der Waals surface area contributed by atoms with E-state index in [1.165, 1.54) is 18.2 Å². The normalized spacial score (nSPS) is 13.8. The second-order valence-electron chi connectivity index (χ2n) is 8.59. The Morgan fingerprint density at radius 2 is 1.94 bits per heavy atom. The summed E-state index contributed by atoms with van der Waals surface area (Å²) in [6.07, 6.45) is -3.19. The highest BCUT2D eigenvalue weighted by molar-refractivity contribution is 5.98. The van der Waals surface area contributed by atoms with Crippen molar-refractivity contribution in [2.75, 3.05) is 11.9 Å². The molecule has 0 aliphatic carbocycles. The molecule has 7 nitrogen and oxygen atoms in total. The van der Waals surface area contributed by atoms with Crippen LogP contribution in [0.25, 0.3) is 0 Å². The Bertz CT molecular complexity index is 1350. The second kappa shape index (κ2) is 9.77. The minimum atomic E-state index is -4.50. The highest BCUT2D eigenvalue weighted by Crippen LogP contribution is 2.34. The molecule has 1 aliphatic rings. The van der Waals surface area contributed by atoms with Gasteiger partial charge in [0.25, 0.3) is 5.91 Å². The van der Waals surface area contributed by atoms with Crippen molar-refractivity contribution < 1.29 is 27.9 Å². The van der Waals surface area contributed by atoms with Gasteiger partial charge in [0, 0.05) is 18.8 Å². The maximum absolute atomic E-state index is 13.5. The van der Waals surface area contributed by atoms with Crippen molar-refractivity contribution in [2.45, 2.75) is 38.5 Å². The van der Waals surface area contributed by atoms with Crippen LogP contribution in [-0.2, 0) is 19.1 Å². The average Bonchev–Trinajstić information content (AvgIpc) is 3.17. The summed E-state index contributed by atoms with van der Waals surface area (Å²) in [4.78, 5) is 24.6. The summed E-state index contributed by atoms with van der Waals surface area (Å²) >= 11 is 0. The second-order valence-corrected chi connectivity index (χ2v) is 8.59. The standard InChI is InChI=1S/C26H23F3N4O3/c1-15(17-7-9-18(10-8-17)25(35)36)32-24(34)23-20(13-30)22-21(6-3-11-31-22)33(23)14-16-4-2-5-19(12-16)26(27,28)29/h2,4-5,7-10,12,15,31H,3,6,11,14H2,1H3,(H,32,34)(H,35,36)/t15-/m0/s1. The number of hydrogen-bond acceptors (Lipinski definition) is 4. The molecule has 3 aromatic rings. The number of carbonyl (C=O) groups excluding carboxylic acids is 1. The Morgan fingerprint density at radius 1 is 1.22 bits per heavy atom. The molecule has 10 heteroatoms. The molecule has 2 aromatic carbocycles. The van der Waals surface area contributed by atoms with E-state index in [1.807, 2.05) is 0 Å². The smallest absolute Gasteiger partial charge is 0.416 e. The average molecular weight is 496 g/mol. The first-order chi connectivity index (χ1) is 17.1. The minimum Gasteiger partial charge on any atom is -0.478 e. The van der Waals surface area contributed by atoms with Gasteiger partial charge in [0.2, 0.25) is 0 Å². The van der Waals surface area contributed by atoms with Crippen LogP contribution in [0, 0.1) is 11.3 Å². The third-order valence-electron chi connectivity index (χ3n) is 6.19. The van der Waals surface area contributed by atoms with Crippen molar-refractivity contribution in [3.05, 3.63) is 87.7 Å². The Labute approximate surface area is 205 Å². The van der Waals surface area contributed by atoms with E-state index >= 15 is 0 Å². The molecule has 1 atom stereocenters. The van der Waals surface area contributed by atoms with Gasteiger partial charge in [0.1, 0.15) is 17.3 Å². The molecular formula is C26H23F3N4O3. The number of amides is 1. The monoisotopic (exact) mass is 496 g/mol. The lowest BCUT2D eigenvalue weighted by Gasteiger charge is -2.19. The molecule has 0 bridgehead atoms. The van der Waals surface area contributed by atoms with Gasteiger partial charge in [0.05, 0.1) is 22.9 Å². The zero-order valence-corrected chi connectivity index (χ0v) is 19.3. The van der Waals surface area contributed by atoms with Crippen LogP contribution in [0.2, 0.25) is 0 Å². The fourth-order valence-electron chi connectivity index (χ4n) is 4.40. The fraction of sp³-hybridized carbons (Fsp3) is 0.269. The van der Waals surface area contributed by atoms with Gasteiger partial charge >= 0.3 is 12.1 Å². The number of hydrogen-bond donors (Lipinski definition) is 3. The molecule has 0 radical (unpaired) electrons. The van der Waals surface area contributed by atoms with Gasteiger partial charge in [-0.25, -0.2) is 4.79 Å².